The number of alkyl halides is 1. The monoisotopic (exact) mass is 150 g/mol. The molecular weight excluding hydrogens is 144 g/mol. The van der Waals surface area contributed by atoms with Gasteiger partial charge in [-0.05, 0) is 0 Å². The molecule has 0 spiro atoms. The first-order valence-electron chi connectivity index (χ1n) is 2.35. The Morgan fingerprint density at radius 1 is 1.78 bits per heavy atom. The maximum Gasteiger partial charge on any atom is 0.127 e. The van der Waals surface area contributed by atoms with E-state index in [2.05, 4.69) is 0 Å². The summed E-state index contributed by atoms with van der Waals surface area (Å²) in [5.41, 5.74) is -0.0147. The summed E-state index contributed by atoms with van der Waals surface area (Å²) in [6.07, 6.45) is -1.15. The van der Waals surface area contributed by atoms with Gasteiger partial charge in [-0.25, -0.2) is 4.79 Å². The molecule has 1 atom stereocenters. The van der Waals surface area contributed by atoms with Gasteiger partial charge in [0.2, 0.25) is 0 Å². The van der Waals surface area contributed by atoms with Crippen LogP contribution in [0.15, 0.2) is 5.57 Å². The van der Waals surface area contributed by atoms with Crippen LogP contribution in [0.1, 0.15) is 0 Å². The Labute approximate surface area is 57.6 Å². The molecule has 0 bridgehead atoms. The lowest BCUT2D eigenvalue weighted by Gasteiger charge is -2.02. The third-order valence-corrected chi connectivity index (χ3v) is 1.14. The molecule has 1 unspecified atom stereocenters. The number of aliphatic hydroxyl groups is 2. The van der Waals surface area contributed by atoms with E-state index in [1.165, 1.54) is 5.94 Å². The topological polar surface area (TPSA) is 57.5 Å². The number of hydrogen-bond acceptors (Lipinski definition) is 3. The van der Waals surface area contributed by atoms with Gasteiger partial charge in [-0.1, -0.05) is 0 Å². The normalized spacial score (nSPS) is 12.3. The Balaban J connectivity index is 3.96. The SMILES string of the molecule is O=C=C(CCl)C(O)CO. The first-order chi connectivity index (χ1) is 4.26. The minimum Gasteiger partial charge on any atom is -0.393 e. The van der Waals surface area contributed by atoms with Crippen LogP contribution in [0, 0.1) is 0 Å². The van der Waals surface area contributed by atoms with Crippen LogP contribution in [0.4, 0.5) is 0 Å². The maximum absolute atomic E-state index is 9.82. The molecule has 0 saturated heterocycles. The largest absolute Gasteiger partial charge is 0.393 e. The summed E-state index contributed by atoms with van der Waals surface area (Å²) in [5.74, 6) is 1.34. The molecule has 0 heterocycles. The standard InChI is InChI=1S/C5H7ClO3/c6-1-4(2-7)5(9)3-8/h5,8-9H,1,3H2. The molecule has 0 fully saturated rings. The second kappa shape index (κ2) is 4.53. The summed E-state index contributed by atoms with van der Waals surface area (Å²) < 4.78 is 0. The molecule has 0 aliphatic carbocycles. The number of hydrogen-bond donors (Lipinski definition) is 2. The van der Waals surface area contributed by atoms with Gasteiger partial charge in [0.25, 0.3) is 0 Å². The molecule has 0 aromatic heterocycles. The quantitative estimate of drug-likeness (QED) is 0.415. The van der Waals surface area contributed by atoms with E-state index in [0.29, 0.717) is 0 Å². The van der Waals surface area contributed by atoms with Gasteiger partial charge in [-0.2, -0.15) is 0 Å². The number of carbonyl (C=O) groups excluding carboxylic acids is 1. The van der Waals surface area contributed by atoms with Crippen molar-refractivity contribution in [1.29, 1.82) is 0 Å². The van der Waals surface area contributed by atoms with Crippen LogP contribution in [-0.2, 0) is 4.79 Å². The van der Waals surface area contributed by atoms with E-state index in [4.69, 9.17) is 21.8 Å². The molecule has 0 aliphatic heterocycles. The van der Waals surface area contributed by atoms with E-state index in [1.807, 2.05) is 0 Å². The summed E-state index contributed by atoms with van der Waals surface area (Å²) in [7, 11) is 0. The van der Waals surface area contributed by atoms with Gasteiger partial charge < -0.3 is 10.2 Å². The van der Waals surface area contributed by atoms with Gasteiger partial charge in [0, 0.05) is 0 Å². The van der Waals surface area contributed by atoms with Crippen LogP contribution in [0.5, 0.6) is 0 Å². The van der Waals surface area contributed by atoms with Gasteiger partial charge in [-0.3, -0.25) is 0 Å². The van der Waals surface area contributed by atoms with Crippen molar-refractivity contribution in [1.82, 2.24) is 0 Å². The first kappa shape index (κ1) is 8.66. The van der Waals surface area contributed by atoms with Gasteiger partial charge in [-0.15, -0.1) is 11.6 Å². The Morgan fingerprint density at radius 2 is 2.33 bits per heavy atom. The zero-order valence-electron chi connectivity index (χ0n) is 4.67. The maximum atomic E-state index is 9.82. The molecule has 3 nitrogen and oxygen atoms in total. The predicted molar refractivity (Wildman–Crippen MR) is 33.0 cm³/mol. The van der Waals surface area contributed by atoms with Crippen molar-refractivity contribution in [3.05, 3.63) is 5.57 Å². The summed E-state index contributed by atoms with van der Waals surface area (Å²) in [6.45, 7) is -0.489. The Kier molecular flexibility index (Phi) is 4.36. The summed E-state index contributed by atoms with van der Waals surface area (Å²) in [5, 5.41) is 16.9. The number of halogens is 1. The molecule has 0 aliphatic rings. The molecule has 4 heteroatoms. The fourth-order valence-corrected chi connectivity index (χ4v) is 0.527. The lowest BCUT2D eigenvalue weighted by Crippen LogP contribution is -2.16. The minimum atomic E-state index is -1.15. The average Bonchev–Trinajstić information content (AvgIpc) is 1.90. The van der Waals surface area contributed by atoms with E-state index in [1.54, 1.807) is 0 Å². The fraction of sp³-hybridized carbons (Fsp3) is 0.600. The first-order valence-corrected chi connectivity index (χ1v) is 2.88. The molecule has 52 valence electrons. The van der Waals surface area contributed by atoms with Crippen molar-refractivity contribution in [2.75, 3.05) is 12.5 Å². The smallest absolute Gasteiger partial charge is 0.127 e. The van der Waals surface area contributed by atoms with Crippen LogP contribution in [-0.4, -0.2) is 34.7 Å². The number of aliphatic hydroxyl groups excluding tert-OH is 2. The van der Waals surface area contributed by atoms with E-state index in [0.717, 1.165) is 0 Å². The zero-order valence-corrected chi connectivity index (χ0v) is 5.43. The minimum absolute atomic E-state index is 0.0147. The van der Waals surface area contributed by atoms with Crippen molar-refractivity contribution in [3.8, 4) is 0 Å². The molecule has 0 aromatic carbocycles. The highest BCUT2D eigenvalue weighted by molar-refractivity contribution is 6.20. The second-order valence-electron chi connectivity index (χ2n) is 1.46. The molecular formula is C5H7ClO3. The Morgan fingerprint density at radius 3 is 2.44 bits per heavy atom. The van der Waals surface area contributed by atoms with Crippen LogP contribution in [0.2, 0.25) is 0 Å². The third-order valence-electron chi connectivity index (χ3n) is 0.850. The average molecular weight is 151 g/mol. The third kappa shape index (κ3) is 2.63. The molecule has 9 heavy (non-hydrogen) atoms. The zero-order chi connectivity index (χ0) is 7.28. The van der Waals surface area contributed by atoms with Crippen LogP contribution < -0.4 is 0 Å². The number of rotatable bonds is 3. The lowest BCUT2D eigenvalue weighted by molar-refractivity contribution is 0.123. The highest BCUT2D eigenvalue weighted by atomic mass is 35.5. The Bertz CT molecular complexity index is 128. The highest BCUT2D eigenvalue weighted by Gasteiger charge is 2.07. The van der Waals surface area contributed by atoms with Crippen molar-refractivity contribution >= 4 is 17.5 Å². The van der Waals surface area contributed by atoms with Crippen LogP contribution in [0.25, 0.3) is 0 Å². The van der Waals surface area contributed by atoms with Crippen LogP contribution >= 0.6 is 11.6 Å². The Hall–Kier alpha value is -0.340. The molecule has 0 aromatic rings. The van der Waals surface area contributed by atoms with E-state index >= 15 is 0 Å². The van der Waals surface area contributed by atoms with Gasteiger partial charge in [0.15, 0.2) is 0 Å². The second-order valence-corrected chi connectivity index (χ2v) is 1.73. The summed E-state index contributed by atoms with van der Waals surface area (Å²) >= 11 is 5.17. The highest BCUT2D eigenvalue weighted by Crippen LogP contribution is 1.98. The van der Waals surface area contributed by atoms with Gasteiger partial charge >= 0.3 is 0 Å². The summed E-state index contributed by atoms with van der Waals surface area (Å²) in [6, 6.07) is 0. The van der Waals surface area contributed by atoms with E-state index in [9.17, 15) is 4.79 Å². The van der Waals surface area contributed by atoms with E-state index in [-0.39, 0.29) is 11.5 Å². The van der Waals surface area contributed by atoms with Gasteiger partial charge in [0.05, 0.1) is 18.1 Å². The van der Waals surface area contributed by atoms with Crippen molar-refractivity contribution in [3.63, 3.8) is 0 Å². The molecule has 0 rings (SSSR count). The molecule has 0 amide bonds. The molecule has 2 N–H and O–H groups in total. The fourth-order valence-electron chi connectivity index (χ4n) is 0.295. The molecule has 0 radical (unpaired) electrons. The van der Waals surface area contributed by atoms with Crippen molar-refractivity contribution in [2.24, 2.45) is 0 Å². The van der Waals surface area contributed by atoms with Crippen LogP contribution in [0.3, 0.4) is 0 Å². The van der Waals surface area contributed by atoms with E-state index < -0.39 is 12.7 Å². The lowest BCUT2D eigenvalue weighted by atomic mass is 10.2. The van der Waals surface area contributed by atoms with Gasteiger partial charge in [0.1, 0.15) is 12.0 Å². The molecule has 0 saturated carbocycles. The predicted octanol–water partition coefficient (Wildman–Crippen LogP) is -0.664. The van der Waals surface area contributed by atoms with Crippen molar-refractivity contribution in [2.45, 2.75) is 6.10 Å². The van der Waals surface area contributed by atoms with Crippen molar-refractivity contribution < 1.29 is 15.0 Å². The summed E-state index contributed by atoms with van der Waals surface area (Å²) in [4.78, 5) is 9.82.